The Bertz CT molecular complexity index is 306. The summed E-state index contributed by atoms with van der Waals surface area (Å²) in [5, 5.41) is 11.9. The van der Waals surface area contributed by atoms with E-state index in [2.05, 4.69) is 5.32 Å². The molecule has 2 amide bonds. The molecule has 2 aliphatic heterocycles. The van der Waals surface area contributed by atoms with Crippen molar-refractivity contribution in [1.29, 1.82) is 0 Å². The van der Waals surface area contributed by atoms with Crippen LogP contribution >= 0.6 is 0 Å². The van der Waals surface area contributed by atoms with Gasteiger partial charge in [-0.05, 0) is 25.7 Å². The number of carbonyl (C=O) groups excluding carboxylic acids is 1. The number of hydrogen-bond donors (Lipinski definition) is 2. The highest BCUT2D eigenvalue weighted by molar-refractivity contribution is 5.84. The van der Waals surface area contributed by atoms with Crippen molar-refractivity contribution in [3.05, 3.63) is 0 Å². The van der Waals surface area contributed by atoms with Crippen molar-refractivity contribution >= 4 is 12.0 Å². The molecule has 0 aromatic carbocycles. The Hall–Kier alpha value is -1.26. The number of nitrogens with one attached hydrogen (secondary N) is 1. The van der Waals surface area contributed by atoms with Crippen molar-refractivity contribution in [1.82, 2.24) is 10.2 Å². The van der Waals surface area contributed by atoms with Gasteiger partial charge < -0.3 is 15.3 Å². The number of likely N-dealkylation sites (tertiary alicyclic amines) is 1. The van der Waals surface area contributed by atoms with Crippen LogP contribution in [-0.2, 0) is 4.79 Å². The van der Waals surface area contributed by atoms with Gasteiger partial charge in [0, 0.05) is 19.6 Å². The average molecular weight is 226 g/mol. The van der Waals surface area contributed by atoms with Gasteiger partial charge in [0.05, 0.1) is 5.41 Å². The van der Waals surface area contributed by atoms with Gasteiger partial charge in [0.25, 0.3) is 0 Å². The fourth-order valence-electron chi connectivity index (χ4n) is 2.78. The summed E-state index contributed by atoms with van der Waals surface area (Å²) in [6.45, 7) is 1.66. The molecule has 1 spiro atoms. The van der Waals surface area contributed by atoms with Crippen molar-refractivity contribution in [2.45, 2.75) is 32.1 Å². The average Bonchev–Trinajstić information content (AvgIpc) is 2.43. The molecule has 0 aliphatic carbocycles. The maximum atomic E-state index is 12.0. The lowest BCUT2D eigenvalue weighted by Gasteiger charge is -2.39. The van der Waals surface area contributed by atoms with Crippen molar-refractivity contribution in [3.8, 4) is 0 Å². The number of nitrogens with zero attached hydrogens (tertiary/aromatic N) is 1. The molecule has 16 heavy (non-hydrogen) atoms. The molecule has 5 nitrogen and oxygen atoms in total. The Morgan fingerprint density at radius 1 is 1.31 bits per heavy atom. The largest absolute Gasteiger partial charge is 0.465 e. The van der Waals surface area contributed by atoms with Gasteiger partial charge in [-0.3, -0.25) is 4.79 Å². The maximum Gasteiger partial charge on any atom is 0.407 e. The summed E-state index contributed by atoms with van der Waals surface area (Å²) in [6.07, 6.45) is 3.54. The van der Waals surface area contributed by atoms with E-state index in [0.717, 1.165) is 38.6 Å². The summed E-state index contributed by atoms with van der Waals surface area (Å²) >= 11 is 0. The molecule has 2 heterocycles. The van der Waals surface area contributed by atoms with E-state index in [9.17, 15) is 9.59 Å². The summed E-state index contributed by atoms with van der Waals surface area (Å²) in [5.74, 6) is 0.0518. The minimum atomic E-state index is -0.906. The van der Waals surface area contributed by atoms with Crippen LogP contribution in [0.5, 0.6) is 0 Å². The second kappa shape index (κ2) is 4.31. The highest BCUT2D eigenvalue weighted by Gasteiger charge is 2.43. The van der Waals surface area contributed by atoms with Gasteiger partial charge in [0.1, 0.15) is 0 Å². The predicted octanol–water partition coefficient (Wildman–Crippen LogP) is 1.05. The normalized spacial score (nSPS) is 31.0. The van der Waals surface area contributed by atoms with Crippen molar-refractivity contribution < 1.29 is 14.7 Å². The third kappa shape index (κ3) is 1.99. The SMILES string of the molecule is O=C(O)N1CCCC2(CCCCNC2=O)C1. The first-order valence-corrected chi connectivity index (χ1v) is 5.90. The number of rotatable bonds is 0. The fourth-order valence-corrected chi connectivity index (χ4v) is 2.78. The van der Waals surface area contributed by atoms with Gasteiger partial charge in [0.2, 0.25) is 5.91 Å². The Labute approximate surface area is 94.8 Å². The van der Waals surface area contributed by atoms with E-state index in [1.165, 1.54) is 4.90 Å². The zero-order chi connectivity index (χ0) is 11.6. The minimum Gasteiger partial charge on any atom is -0.465 e. The van der Waals surface area contributed by atoms with Crippen LogP contribution < -0.4 is 5.32 Å². The Kier molecular flexibility index (Phi) is 3.03. The van der Waals surface area contributed by atoms with Gasteiger partial charge in [-0.15, -0.1) is 0 Å². The van der Waals surface area contributed by atoms with Crippen LogP contribution in [0.4, 0.5) is 4.79 Å². The van der Waals surface area contributed by atoms with E-state index in [-0.39, 0.29) is 5.91 Å². The van der Waals surface area contributed by atoms with E-state index in [1.807, 2.05) is 0 Å². The number of carbonyl (C=O) groups is 2. The van der Waals surface area contributed by atoms with Crippen LogP contribution in [0, 0.1) is 5.41 Å². The third-order valence-electron chi connectivity index (χ3n) is 3.70. The fraction of sp³-hybridized carbons (Fsp3) is 0.818. The van der Waals surface area contributed by atoms with Crippen molar-refractivity contribution in [2.24, 2.45) is 5.41 Å². The van der Waals surface area contributed by atoms with Gasteiger partial charge in [0.15, 0.2) is 0 Å². The molecule has 0 bridgehead atoms. The standard InChI is InChI=1S/C11H18N2O3/c14-9-11(4-1-2-6-12-9)5-3-7-13(8-11)10(15)16/h1-8H2,(H,12,14)(H,15,16). The van der Waals surface area contributed by atoms with E-state index in [4.69, 9.17) is 5.11 Å². The zero-order valence-corrected chi connectivity index (χ0v) is 9.37. The molecular formula is C11H18N2O3. The molecule has 0 aromatic heterocycles. The molecule has 0 radical (unpaired) electrons. The molecule has 2 rings (SSSR count). The molecule has 5 heteroatoms. The van der Waals surface area contributed by atoms with Crippen molar-refractivity contribution in [3.63, 3.8) is 0 Å². The Balaban J connectivity index is 2.15. The lowest BCUT2D eigenvalue weighted by atomic mass is 9.76. The first-order chi connectivity index (χ1) is 7.64. The first kappa shape index (κ1) is 11.2. The number of amides is 2. The summed E-state index contributed by atoms with van der Waals surface area (Å²) in [5.41, 5.74) is -0.451. The summed E-state index contributed by atoms with van der Waals surface area (Å²) < 4.78 is 0. The topological polar surface area (TPSA) is 69.6 Å². The second-order valence-corrected chi connectivity index (χ2v) is 4.80. The van der Waals surface area contributed by atoms with Crippen molar-refractivity contribution in [2.75, 3.05) is 19.6 Å². The molecule has 2 aliphatic rings. The van der Waals surface area contributed by atoms with Gasteiger partial charge in [-0.1, -0.05) is 6.42 Å². The van der Waals surface area contributed by atoms with Crippen LogP contribution in [0.1, 0.15) is 32.1 Å². The molecule has 1 atom stereocenters. The van der Waals surface area contributed by atoms with Gasteiger partial charge in [-0.2, -0.15) is 0 Å². The Morgan fingerprint density at radius 2 is 2.06 bits per heavy atom. The first-order valence-electron chi connectivity index (χ1n) is 5.90. The lowest BCUT2D eigenvalue weighted by Crippen LogP contribution is -2.52. The lowest BCUT2D eigenvalue weighted by molar-refractivity contribution is -0.133. The quantitative estimate of drug-likeness (QED) is 0.648. The molecule has 0 aromatic rings. The molecule has 2 N–H and O–H groups in total. The highest BCUT2D eigenvalue weighted by Crippen LogP contribution is 2.36. The number of hydrogen-bond acceptors (Lipinski definition) is 2. The van der Waals surface area contributed by atoms with Crippen LogP contribution in [0.3, 0.4) is 0 Å². The van der Waals surface area contributed by atoms with Crippen LogP contribution in [0.2, 0.25) is 0 Å². The van der Waals surface area contributed by atoms with E-state index in [0.29, 0.717) is 13.1 Å². The van der Waals surface area contributed by atoms with E-state index in [1.54, 1.807) is 0 Å². The molecule has 2 saturated heterocycles. The van der Waals surface area contributed by atoms with Crippen LogP contribution in [-0.4, -0.2) is 41.6 Å². The smallest absolute Gasteiger partial charge is 0.407 e. The minimum absolute atomic E-state index is 0.0518. The highest BCUT2D eigenvalue weighted by atomic mass is 16.4. The molecule has 1 unspecified atom stereocenters. The zero-order valence-electron chi connectivity index (χ0n) is 9.37. The number of piperidine rings is 1. The molecule has 0 saturated carbocycles. The predicted molar refractivity (Wildman–Crippen MR) is 58.1 cm³/mol. The Morgan fingerprint density at radius 3 is 2.81 bits per heavy atom. The summed E-state index contributed by atoms with van der Waals surface area (Å²) in [6, 6.07) is 0. The molecule has 2 fully saturated rings. The van der Waals surface area contributed by atoms with E-state index < -0.39 is 11.5 Å². The van der Waals surface area contributed by atoms with E-state index >= 15 is 0 Å². The second-order valence-electron chi connectivity index (χ2n) is 4.80. The monoisotopic (exact) mass is 226 g/mol. The van der Waals surface area contributed by atoms with Crippen LogP contribution in [0.15, 0.2) is 0 Å². The molecule has 90 valence electrons. The maximum absolute atomic E-state index is 12.0. The molecular weight excluding hydrogens is 208 g/mol. The van der Waals surface area contributed by atoms with Gasteiger partial charge in [-0.25, -0.2) is 4.79 Å². The third-order valence-corrected chi connectivity index (χ3v) is 3.70. The summed E-state index contributed by atoms with van der Waals surface area (Å²) in [7, 11) is 0. The van der Waals surface area contributed by atoms with Gasteiger partial charge >= 0.3 is 6.09 Å². The number of carboxylic acid groups (broad SMARTS) is 1. The van der Waals surface area contributed by atoms with Crippen LogP contribution in [0.25, 0.3) is 0 Å². The summed E-state index contributed by atoms with van der Waals surface area (Å²) in [4.78, 5) is 24.4.